The first-order valence-corrected chi connectivity index (χ1v) is 12.6. The second kappa shape index (κ2) is 11.0. The maximum Gasteiger partial charge on any atom is 0.337 e. The standard InChI is InChI=1S/C29H35FN2O2/c1-21(2)13-18-26-28(30)32(27(33)19-22-9-5-3-6-10-22)29(34)31(26)20-23-14-16-25(17-15-23)24-11-7-4-8-12-24/h4,7-8,11-12,14-17,21-22H,3,5-6,9-10,13,18-20H2,1-2H3. The lowest BCUT2D eigenvalue weighted by Gasteiger charge is -2.20. The summed E-state index contributed by atoms with van der Waals surface area (Å²) in [4.78, 5) is 26.3. The molecule has 0 bridgehead atoms. The Morgan fingerprint density at radius 3 is 2.26 bits per heavy atom. The molecule has 2 aromatic carbocycles. The van der Waals surface area contributed by atoms with Crippen LogP contribution in [0.1, 0.15) is 74.8 Å². The molecule has 1 heterocycles. The lowest BCUT2D eigenvalue weighted by molar-refractivity contribution is 0.0849. The van der Waals surface area contributed by atoms with E-state index in [-0.39, 0.29) is 18.9 Å². The number of carbonyl (C=O) groups excluding carboxylic acids is 1. The van der Waals surface area contributed by atoms with Crippen molar-refractivity contribution in [1.29, 1.82) is 0 Å². The van der Waals surface area contributed by atoms with Gasteiger partial charge < -0.3 is 0 Å². The van der Waals surface area contributed by atoms with Gasteiger partial charge in [0, 0.05) is 6.42 Å². The zero-order valence-electron chi connectivity index (χ0n) is 20.3. The van der Waals surface area contributed by atoms with Gasteiger partial charge in [-0.1, -0.05) is 87.7 Å². The molecule has 3 aromatic rings. The van der Waals surface area contributed by atoms with Crippen LogP contribution in [0.4, 0.5) is 4.39 Å². The normalized spacial score (nSPS) is 14.6. The summed E-state index contributed by atoms with van der Waals surface area (Å²) < 4.78 is 17.8. The van der Waals surface area contributed by atoms with Gasteiger partial charge in [0.05, 0.1) is 12.2 Å². The SMILES string of the molecule is CC(C)CCc1c(F)n(C(=O)CC2CCCCC2)c(=O)n1Cc1ccc(-c2ccccc2)cc1. The van der Waals surface area contributed by atoms with Crippen LogP contribution in [-0.4, -0.2) is 15.0 Å². The fourth-order valence-corrected chi connectivity index (χ4v) is 4.95. The Morgan fingerprint density at radius 2 is 1.62 bits per heavy atom. The Hall–Kier alpha value is -2.95. The van der Waals surface area contributed by atoms with E-state index in [1.165, 1.54) is 11.0 Å². The molecular weight excluding hydrogens is 427 g/mol. The Balaban J connectivity index is 1.61. The molecule has 1 saturated carbocycles. The van der Waals surface area contributed by atoms with Crippen molar-refractivity contribution in [2.75, 3.05) is 0 Å². The van der Waals surface area contributed by atoms with E-state index >= 15 is 4.39 Å². The molecule has 34 heavy (non-hydrogen) atoms. The second-order valence-electron chi connectivity index (χ2n) is 10.0. The van der Waals surface area contributed by atoms with E-state index in [4.69, 9.17) is 0 Å². The van der Waals surface area contributed by atoms with E-state index in [2.05, 4.69) is 26.0 Å². The Kier molecular flexibility index (Phi) is 7.81. The van der Waals surface area contributed by atoms with Crippen LogP contribution in [-0.2, 0) is 13.0 Å². The highest BCUT2D eigenvalue weighted by atomic mass is 19.1. The third kappa shape index (κ3) is 5.57. The van der Waals surface area contributed by atoms with Crippen LogP contribution in [0.5, 0.6) is 0 Å². The van der Waals surface area contributed by atoms with Crippen LogP contribution >= 0.6 is 0 Å². The van der Waals surface area contributed by atoms with E-state index in [9.17, 15) is 9.59 Å². The molecule has 5 heteroatoms. The molecule has 4 rings (SSSR count). The number of hydrogen-bond donors (Lipinski definition) is 0. The van der Waals surface area contributed by atoms with E-state index in [0.717, 1.165) is 53.4 Å². The molecule has 0 atom stereocenters. The van der Waals surface area contributed by atoms with Crippen molar-refractivity contribution < 1.29 is 9.18 Å². The highest BCUT2D eigenvalue weighted by Gasteiger charge is 2.26. The molecule has 0 aliphatic heterocycles. The molecule has 1 aliphatic carbocycles. The van der Waals surface area contributed by atoms with E-state index in [1.54, 1.807) is 0 Å². The summed E-state index contributed by atoms with van der Waals surface area (Å²) in [5.41, 5.74) is 2.90. The minimum Gasteiger partial charge on any atom is -0.288 e. The largest absolute Gasteiger partial charge is 0.337 e. The highest BCUT2D eigenvalue weighted by molar-refractivity contribution is 5.79. The number of hydrogen-bond acceptors (Lipinski definition) is 2. The maximum atomic E-state index is 15.5. The first-order chi connectivity index (χ1) is 16.4. The highest BCUT2D eigenvalue weighted by Crippen LogP contribution is 2.27. The third-order valence-electron chi connectivity index (χ3n) is 6.98. The van der Waals surface area contributed by atoms with Crippen LogP contribution in [0.25, 0.3) is 11.1 Å². The van der Waals surface area contributed by atoms with Crippen molar-refractivity contribution >= 4 is 5.91 Å². The predicted molar refractivity (Wildman–Crippen MR) is 135 cm³/mol. The molecule has 0 radical (unpaired) electrons. The minimum atomic E-state index is -0.674. The van der Waals surface area contributed by atoms with Gasteiger partial charge in [0.15, 0.2) is 0 Å². The summed E-state index contributed by atoms with van der Waals surface area (Å²) >= 11 is 0. The molecule has 0 saturated heterocycles. The third-order valence-corrected chi connectivity index (χ3v) is 6.98. The number of benzene rings is 2. The first-order valence-electron chi connectivity index (χ1n) is 12.6. The number of nitrogens with zero attached hydrogens (tertiary/aromatic N) is 2. The summed E-state index contributed by atoms with van der Waals surface area (Å²) in [7, 11) is 0. The maximum absolute atomic E-state index is 15.5. The van der Waals surface area contributed by atoms with E-state index < -0.39 is 17.5 Å². The molecule has 1 fully saturated rings. The topological polar surface area (TPSA) is 44.0 Å². The van der Waals surface area contributed by atoms with Crippen LogP contribution in [0.3, 0.4) is 0 Å². The van der Waals surface area contributed by atoms with Crippen LogP contribution in [0, 0.1) is 17.8 Å². The van der Waals surface area contributed by atoms with Crippen molar-refractivity contribution in [3.8, 4) is 11.1 Å². The Labute approximate surface area is 201 Å². The number of carbonyl (C=O) groups is 1. The van der Waals surface area contributed by atoms with Gasteiger partial charge in [-0.15, -0.1) is 0 Å². The quantitative estimate of drug-likeness (QED) is 0.374. The molecule has 4 nitrogen and oxygen atoms in total. The average molecular weight is 463 g/mol. The summed E-state index contributed by atoms with van der Waals surface area (Å²) in [5.74, 6) is -0.458. The van der Waals surface area contributed by atoms with Gasteiger partial charge in [-0.3, -0.25) is 9.36 Å². The van der Waals surface area contributed by atoms with Crippen LogP contribution in [0.15, 0.2) is 59.4 Å². The van der Waals surface area contributed by atoms with Gasteiger partial charge in [-0.2, -0.15) is 4.39 Å². The predicted octanol–water partition coefficient (Wildman–Crippen LogP) is 6.70. The van der Waals surface area contributed by atoms with Crippen molar-refractivity contribution in [2.24, 2.45) is 11.8 Å². The molecule has 0 spiro atoms. The molecule has 0 unspecified atom stereocenters. The zero-order chi connectivity index (χ0) is 24.1. The molecule has 180 valence electrons. The molecular formula is C29H35FN2O2. The van der Waals surface area contributed by atoms with Gasteiger partial charge in [0.1, 0.15) is 0 Å². The lowest BCUT2D eigenvalue weighted by atomic mass is 9.87. The average Bonchev–Trinajstić information content (AvgIpc) is 3.08. The fourth-order valence-electron chi connectivity index (χ4n) is 4.95. The fraction of sp³-hybridized carbons (Fsp3) is 0.448. The lowest BCUT2D eigenvalue weighted by Crippen LogP contribution is -2.31. The monoisotopic (exact) mass is 462 g/mol. The summed E-state index contributed by atoms with van der Waals surface area (Å²) in [6, 6.07) is 18.1. The Bertz CT molecular complexity index is 1150. The summed E-state index contributed by atoms with van der Waals surface area (Å²) in [5, 5.41) is 0. The van der Waals surface area contributed by atoms with Gasteiger partial charge in [0.2, 0.25) is 11.9 Å². The van der Waals surface area contributed by atoms with Crippen LogP contribution in [0.2, 0.25) is 0 Å². The second-order valence-corrected chi connectivity index (χ2v) is 10.0. The summed E-state index contributed by atoms with van der Waals surface area (Å²) in [6.45, 7) is 4.41. The van der Waals surface area contributed by atoms with Crippen molar-refractivity contribution in [2.45, 2.75) is 71.8 Å². The van der Waals surface area contributed by atoms with Gasteiger partial charge >= 0.3 is 5.69 Å². The van der Waals surface area contributed by atoms with Crippen molar-refractivity contribution in [3.05, 3.63) is 82.3 Å². The van der Waals surface area contributed by atoms with Crippen LogP contribution < -0.4 is 5.69 Å². The van der Waals surface area contributed by atoms with E-state index in [0.29, 0.717) is 18.0 Å². The number of aromatic nitrogens is 2. The van der Waals surface area contributed by atoms with Gasteiger partial charge in [0.25, 0.3) is 0 Å². The molecule has 0 amide bonds. The van der Waals surface area contributed by atoms with Gasteiger partial charge in [-0.25, -0.2) is 9.36 Å². The van der Waals surface area contributed by atoms with Crippen molar-refractivity contribution in [1.82, 2.24) is 9.13 Å². The summed E-state index contributed by atoms with van der Waals surface area (Å²) in [6.07, 6.45) is 6.81. The Morgan fingerprint density at radius 1 is 0.971 bits per heavy atom. The molecule has 1 aliphatic rings. The smallest absolute Gasteiger partial charge is 0.288 e. The van der Waals surface area contributed by atoms with Gasteiger partial charge in [-0.05, 0) is 54.2 Å². The number of imidazole rings is 1. The number of halogens is 1. The first kappa shape index (κ1) is 24.2. The minimum absolute atomic E-state index is 0.246. The zero-order valence-corrected chi connectivity index (χ0v) is 20.3. The van der Waals surface area contributed by atoms with Crippen molar-refractivity contribution in [3.63, 3.8) is 0 Å². The molecule has 0 N–H and O–H groups in total. The number of rotatable bonds is 8. The van der Waals surface area contributed by atoms with E-state index in [1.807, 2.05) is 42.5 Å². The molecule has 1 aromatic heterocycles.